The van der Waals surface area contributed by atoms with Crippen LogP contribution in [0.3, 0.4) is 0 Å². The number of carbonyl (C=O) groups is 1. The molecule has 92 valence electrons. The Morgan fingerprint density at radius 2 is 2.35 bits per heavy atom. The molecule has 1 heterocycles. The molecule has 1 atom stereocenters. The van der Waals surface area contributed by atoms with E-state index in [1.165, 1.54) is 0 Å². The third-order valence-electron chi connectivity index (χ3n) is 3.04. The minimum absolute atomic E-state index is 0.0784. The van der Waals surface area contributed by atoms with Gasteiger partial charge in [0.1, 0.15) is 0 Å². The standard InChI is InChI=1S/C12H14ClIN2O/c1-15-9-4-5-16(7-9)12(17)10-6-8(13)2-3-11(10)14/h2-3,6,9,15H,4-5,7H2,1H3. The second kappa shape index (κ2) is 5.54. The second-order valence-electron chi connectivity index (χ2n) is 4.15. The lowest BCUT2D eigenvalue weighted by atomic mass is 10.2. The molecule has 1 aromatic rings. The molecule has 0 saturated carbocycles. The number of halogens is 2. The van der Waals surface area contributed by atoms with Gasteiger partial charge >= 0.3 is 0 Å². The molecule has 3 nitrogen and oxygen atoms in total. The van der Waals surface area contributed by atoms with Gasteiger partial charge in [0.15, 0.2) is 0 Å². The maximum atomic E-state index is 12.3. The lowest BCUT2D eigenvalue weighted by Crippen LogP contribution is -2.33. The number of amides is 1. The molecule has 1 unspecified atom stereocenters. The van der Waals surface area contributed by atoms with Gasteiger partial charge in [-0.25, -0.2) is 0 Å². The molecule has 1 N–H and O–H groups in total. The molecule has 0 radical (unpaired) electrons. The monoisotopic (exact) mass is 364 g/mol. The van der Waals surface area contributed by atoms with Gasteiger partial charge in [0.2, 0.25) is 0 Å². The average molecular weight is 365 g/mol. The number of rotatable bonds is 2. The van der Waals surface area contributed by atoms with Gasteiger partial charge in [-0.3, -0.25) is 4.79 Å². The number of hydrogen-bond donors (Lipinski definition) is 1. The lowest BCUT2D eigenvalue weighted by Gasteiger charge is -2.17. The quantitative estimate of drug-likeness (QED) is 0.817. The van der Waals surface area contributed by atoms with Gasteiger partial charge in [-0.05, 0) is 54.3 Å². The van der Waals surface area contributed by atoms with Crippen LogP contribution in [0.15, 0.2) is 18.2 Å². The highest BCUT2D eigenvalue weighted by Gasteiger charge is 2.26. The third kappa shape index (κ3) is 2.92. The van der Waals surface area contributed by atoms with Crippen molar-refractivity contribution in [2.75, 3.05) is 20.1 Å². The maximum Gasteiger partial charge on any atom is 0.255 e. The summed E-state index contributed by atoms with van der Waals surface area (Å²) in [6.45, 7) is 1.59. The van der Waals surface area contributed by atoms with E-state index >= 15 is 0 Å². The second-order valence-corrected chi connectivity index (χ2v) is 5.75. The number of carbonyl (C=O) groups excluding carboxylic acids is 1. The largest absolute Gasteiger partial charge is 0.337 e. The van der Waals surface area contributed by atoms with E-state index in [0.29, 0.717) is 16.6 Å². The van der Waals surface area contributed by atoms with E-state index in [4.69, 9.17) is 11.6 Å². The van der Waals surface area contributed by atoms with Crippen molar-refractivity contribution in [1.82, 2.24) is 10.2 Å². The summed E-state index contributed by atoms with van der Waals surface area (Å²) in [6, 6.07) is 5.84. The smallest absolute Gasteiger partial charge is 0.255 e. The number of likely N-dealkylation sites (tertiary alicyclic amines) is 1. The molecule has 1 amide bonds. The normalized spacial score (nSPS) is 19.7. The number of likely N-dealkylation sites (N-methyl/N-ethyl adjacent to an activating group) is 1. The Kier molecular flexibility index (Phi) is 4.27. The van der Waals surface area contributed by atoms with Gasteiger partial charge in [0, 0.05) is 27.7 Å². The van der Waals surface area contributed by atoms with E-state index in [9.17, 15) is 4.79 Å². The zero-order chi connectivity index (χ0) is 12.4. The predicted molar refractivity (Wildman–Crippen MR) is 77.5 cm³/mol. The van der Waals surface area contributed by atoms with E-state index in [-0.39, 0.29) is 5.91 Å². The molecule has 1 fully saturated rings. The summed E-state index contributed by atoms with van der Waals surface area (Å²) < 4.78 is 0.949. The highest BCUT2D eigenvalue weighted by Crippen LogP contribution is 2.21. The van der Waals surface area contributed by atoms with Crippen molar-refractivity contribution >= 4 is 40.1 Å². The molecule has 1 aliphatic rings. The van der Waals surface area contributed by atoms with Crippen molar-refractivity contribution in [1.29, 1.82) is 0 Å². The molecule has 0 aromatic heterocycles. The predicted octanol–water partition coefficient (Wildman–Crippen LogP) is 2.38. The first kappa shape index (κ1) is 13.1. The Hall–Kier alpha value is -0.330. The van der Waals surface area contributed by atoms with Crippen LogP contribution >= 0.6 is 34.2 Å². The van der Waals surface area contributed by atoms with E-state index in [1.807, 2.05) is 18.0 Å². The number of nitrogens with zero attached hydrogens (tertiary/aromatic N) is 1. The molecule has 0 bridgehead atoms. The van der Waals surface area contributed by atoms with Gasteiger partial charge in [0.25, 0.3) is 5.91 Å². The Morgan fingerprint density at radius 1 is 1.59 bits per heavy atom. The van der Waals surface area contributed by atoms with Crippen molar-refractivity contribution in [3.05, 3.63) is 32.4 Å². The van der Waals surface area contributed by atoms with Crippen LogP contribution in [0, 0.1) is 3.57 Å². The van der Waals surface area contributed by atoms with Gasteiger partial charge in [0.05, 0.1) is 5.56 Å². The first-order valence-electron chi connectivity index (χ1n) is 5.53. The third-order valence-corrected chi connectivity index (χ3v) is 4.22. The minimum Gasteiger partial charge on any atom is -0.337 e. The molecule has 1 aliphatic heterocycles. The summed E-state index contributed by atoms with van der Waals surface area (Å²) in [5.41, 5.74) is 0.704. The first-order chi connectivity index (χ1) is 8.11. The van der Waals surface area contributed by atoms with Crippen LogP contribution in [0.4, 0.5) is 0 Å². The molecular weight excluding hydrogens is 351 g/mol. The summed E-state index contributed by atoms with van der Waals surface area (Å²) in [5, 5.41) is 3.81. The van der Waals surface area contributed by atoms with Crippen LogP contribution in [0.25, 0.3) is 0 Å². The summed E-state index contributed by atoms with van der Waals surface area (Å²) in [4.78, 5) is 14.2. The highest BCUT2D eigenvalue weighted by molar-refractivity contribution is 14.1. The summed E-state index contributed by atoms with van der Waals surface area (Å²) in [6.07, 6.45) is 1.01. The summed E-state index contributed by atoms with van der Waals surface area (Å²) in [7, 11) is 1.93. The van der Waals surface area contributed by atoms with Crippen molar-refractivity contribution in [2.45, 2.75) is 12.5 Å². The SMILES string of the molecule is CNC1CCN(C(=O)c2cc(Cl)ccc2I)C1. The number of nitrogens with one attached hydrogen (secondary N) is 1. The average Bonchev–Trinajstić information content (AvgIpc) is 2.80. The van der Waals surface area contributed by atoms with Crippen molar-refractivity contribution in [2.24, 2.45) is 0 Å². The Morgan fingerprint density at radius 3 is 3.00 bits per heavy atom. The summed E-state index contributed by atoms with van der Waals surface area (Å²) >= 11 is 8.11. The molecule has 2 rings (SSSR count). The van der Waals surface area contributed by atoms with Crippen LogP contribution < -0.4 is 5.32 Å². The fourth-order valence-electron chi connectivity index (χ4n) is 2.01. The fourth-order valence-corrected chi connectivity index (χ4v) is 2.75. The van der Waals surface area contributed by atoms with Crippen LogP contribution in [-0.2, 0) is 0 Å². The van der Waals surface area contributed by atoms with Gasteiger partial charge < -0.3 is 10.2 Å². The Balaban J connectivity index is 2.17. The highest BCUT2D eigenvalue weighted by atomic mass is 127. The first-order valence-corrected chi connectivity index (χ1v) is 6.99. The molecular formula is C12H14ClIN2O. The lowest BCUT2D eigenvalue weighted by molar-refractivity contribution is 0.0788. The van der Waals surface area contributed by atoms with E-state index < -0.39 is 0 Å². The van der Waals surface area contributed by atoms with Crippen LogP contribution in [0.2, 0.25) is 5.02 Å². The van der Waals surface area contributed by atoms with E-state index in [2.05, 4.69) is 27.9 Å². The number of benzene rings is 1. The van der Waals surface area contributed by atoms with E-state index in [1.54, 1.807) is 12.1 Å². The molecule has 0 spiro atoms. The minimum atomic E-state index is 0.0784. The molecule has 1 aromatic carbocycles. The molecule has 17 heavy (non-hydrogen) atoms. The van der Waals surface area contributed by atoms with Gasteiger partial charge in [-0.1, -0.05) is 11.6 Å². The Labute approximate surface area is 120 Å². The van der Waals surface area contributed by atoms with Crippen LogP contribution in [-0.4, -0.2) is 37.0 Å². The molecule has 5 heteroatoms. The van der Waals surface area contributed by atoms with Gasteiger partial charge in [-0.15, -0.1) is 0 Å². The van der Waals surface area contributed by atoms with E-state index in [0.717, 1.165) is 23.1 Å². The van der Waals surface area contributed by atoms with Gasteiger partial charge in [-0.2, -0.15) is 0 Å². The van der Waals surface area contributed by atoms with Crippen molar-refractivity contribution < 1.29 is 4.79 Å². The van der Waals surface area contributed by atoms with Crippen molar-refractivity contribution in [3.8, 4) is 0 Å². The fraction of sp³-hybridized carbons (Fsp3) is 0.417. The zero-order valence-electron chi connectivity index (χ0n) is 9.54. The van der Waals surface area contributed by atoms with Crippen LogP contribution in [0.1, 0.15) is 16.8 Å². The van der Waals surface area contributed by atoms with Crippen molar-refractivity contribution in [3.63, 3.8) is 0 Å². The molecule has 1 saturated heterocycles. The summed E-state index contributed by atoms with van der Waals surface area (Å²) in [5.74, 6) is 0.0784. The molecule has 0 aliphatic carbocycles. The topological polar surface area (TPSA) is 32.3 Å². The Bertz CT molecular complexity index is 439. The zero-order valence-corrected chi connectivity index (χ0v) is 12.5. The number of hydrogen-bond acceptors (Lipinski definition) is 2. The van der Waals surface area contributed by atoms with Crippen LogP contribution in [0.5, 0.6) is 0 Å². The maximum absolute atomic E-state index is 12.3.